The first-order valence-electron chi connectivity index (χ1n) is 8.99. The van der Waals surface area contributed by atoms with Crippen molar-refractivity contribution in [3.8, 4) is 10.8 Å². The Bertz CT molecular complexity index is 1040. The molecule has 1 saturated heterocycles. The second-order valence-corrected chi connectivity index (χ2v) is 8.59. The number of benzene rings is 1. The fraction of sp³-hybridized carbons (Fsp3) is 0.250. The van der Waals surface area contributed by atoms with Gasteiger partial charge in [-0.2, -0.15) is 4.99 Å². The van der Waals surface area contributed by atoms with E-state index in [1.54, 1.807) is 17.4 Å². The lowest BCUT2D eigenvalue weighted by molar-refractivity contribution is -0.113. The van der Waals surface area contributed by atoms with Crippen LogP contribution >= 0.6 is 23.1 Å². The van der Waals surface area contributed by atoms with Crippen molar-refractivity contribution in [3.63, 3.8) is 0 Å². The van der Waals surface area contributed by atoms with Crippen LogP contribution in [0.3, 0.4) is 0 Å². The summed E-state index contributed by atoms with van der Waals surface area (Å²) in [5, 5.41) is 1.67. The molecular weight excluding hydrogens is 378 g/mol. The average Bonchev–Trinajstić information content (AvgIpc) is 3.41. The number of thioether (sulfide) groups is 1. The van der Waals surface area contributed by atoms with Gasteiger partial charge in [0.25, 0.3) is 5.91 Å². The molecule has 7 heteroatoms. The first kappa shape index (κ1) is 16.8. The summed E-state index contributed by atoms with van der Waals surface area (Å²) < 4.78 is 7.06. The molecule has 2 aromatic heterocycles. The third-order valence-corrected chi connectivity index (χ3v) is 6.74. The Morgan fingerprint density at radius 2 is 1.93 bits per heavy atom. The molecule has 0 aliphatic carbocycles. The maximum Gasteiger partial charge on any atom is 0.286 e. The molecule has 0 unspecified atom stereocenters. The minimum atomic E-state index is -0.182. The molecular formula is C20H17N3O2S2. The normalized spacial score (nSPS) is 19.3. The van der Waals surface area contributed by atoms with Crippen LogP contribution in [0.1, 0.15) is 25.0 Å². The van der Waals surface area contributed by atoms with Gasteiger partial charge in [-0.1, -0.05) is 12.1 Å². The molecule has 5 nitrogen and oxygen atoms in total. The SMILES string of the molecule is O=C1N=C(N2CCCCC2)S/C1=C\c1ccc(-c2nc3ccccc3s2)o1. The highest BCUT2D eigenvalue weighted by Crippen LogP contribution is 2.34. The van der Waals surface area contributed by atoms with E-state index < -0.39 is 0 Å². The van der Waals surface area contributed by atoms with Crippen molar-refractivity contribution < 1.29 is 9.21 Å². The van der Waals surface area contributed by atoms with Crippen molar-refractivity contribution in [1.29, 1.82) is 0 Å². The number of hydrogen-bond donors (Lipinski definition) is 0. The molecule has 0 atom stereocenters. The number of aromatic nitrogens is 1. The molecule has 2 aliphatic heterocycles. The minimum Gasteiger partial charge on any atom is -0.454 e. The van der Waals surface area contributed by atoms with E-state index >= 15 is 0 Å². The molecule has 1 aromatic carbocycles. The molecule has 0 saturated carbocycles. The van der Waals surface area contributed by atoms with Crippen LogP contribution in [0.4, 0.5) is 0 Å². The van der Waals surface area contributed by atoms with Crippen molar-refractivity contribution in [2.24, 2.45) is 4.99 Å². The summed E-state index contributed by atoms with van der Waals surface area (Å²) in [6.45, 7) is 1.96. The van der Waals surface area contributed by atoms with Crippen molar-refractivity contribution in [1.82, 2.24) is 9.88 Å². The summed E-state index contributed by atoms with van der Waals surface area (Å²) in [4.78, 5) is 23.9. The van der Waals surface area contributed by atoms with E-state index in [0.29, 0.717) is 10.7 Å². The topological polar surface area (TPSA) is 58.7 Å². The number of para-hydroxylation sites is 1. The number of amidine groups is 1. The Balaban J connectivity index is 1.36. The molecule has 27 heavy (non-hydrogen) atoms. The Morgan fingerprint density at radius 3 is 2.78 bits per heavy atom. The number of hydrogen-bond acceptors (Lipinski definition) is 6. The number of amides is 1. The molecule has 0 radical (unpaired) electrons. The summed E-state index contributed by atoms with van der Waals surface area (Å²) in [6, 6.07) is 11.8. The first-order valence-corrected chi connectivity index (χ1v) is 10.6. The fourth-order valence-electron chi connectivity index (χ4n) is 3.27. The van der Waals surface area contributed by atoms with Gasteiger partial charge in [-0.25, -0.2) is 4.98 Å². The van der Waals surface area contributed by atoms with E-state index in [1.165, 1.54) is 18.2 Å². The Kier molecular flexibility index (Phi) is 4.33. The predicted molar refractivity (Wildman–Crippen MR) is 111 cm³/mol. The molecule has 2 aliphatic rings. The zero-order valence-corrected chi connectivity index (χ0v) is 16.2. The number of aliphatic imine (C=N–C) groups is 1. The van der Waals surface area contributed by atoms with E-state index in [4.69, 9.17) is 4.42 Å². The van der Waals surface area contributed by atoms with Crippen molar-refractivity contribution >= 4 is 50.5 Å². The van der Waals surface area contributed by atoms with Crippen LogP contribution in [-0.2, 0) is 4.79 Å². The number of piperidine rings is 1. The van der Waals surface area contributed by atoms with E-state index in [0.717, 1.165) is 52.1 Å². The third kappa shape index (κ3) is 3.33. The summed E-state index contributed by atoms with van der Waals surface area (Å²) in [5.41, 5.74) is 0.968. The number of furan rings is 1. The van der Waals surface area contributed by atoms with Crippen LogP contribution in [0.25, 0.3) is 27.1 Å². The molecule has 1 amide bonds. The summed E-state index contributed by atoms with van der Waals surface area (Å²) in [5.74, 6) is 1.18. The summed E-state index contributed by atoms with van der Waals surface area (Å²) >= 11 is 3.04. The van der Waals surface area contributed by atoms with Crippen LogP contribution in [0.2, 0.25) is 0 Å². The molecule has 5 rings (SSSR count). The zero-order valence-electron chi connectivity index (χ0n) is 14.6. The second-order valence-electron chi connectivity index (χ2n) is 6.55. The molecule has 0 N–H and O–H groups in total. The van der Waals surface area contributed by atoms with Crippen LogP contribution in [0, 0.1) is 0 Å². The second kappa shape index (κ2) is 6.98. The van der Waals surface area contributed by atoms with Gasteiger partial charge in [-0.15, -0.1) is 11.3 Å². The van der Waals surface area contributed by atoms with Gasteiger partial charge in [0.05, 0.1) is 15.1 Å². The van der Waals surface area contributed by atoms with Gasteiger partial charge in [-0.05, 0) is 55.3 Å². The van der Waals surface area contributed by atoms with Crippen LogP contribution in [-0.4, -0.2) is 34.0 Å². The molecule has 4 heterocycles. The van der Waals surface area contributed by atoms with E-state index in [2.05, 4.69) is 20.9 Å². The monoisotopic (exact) mass is 395 g/mol. The Labute approximate surface area is 164 Å². The van der Waals surface area contributed by atoms with Crippen molar-refractivity contribution in [2.75, 3.05) is 13.1 Å². The maximum absolute atomic E-state index is 12.3. The van der Waals surface area contributed by atoms with E-state index in [1.807, 2.05) is 30.3 Å². The summed E-state index contributed by atoms with van der Waals surface area (Å²) in [6.07, 6.45) is 5.36. The van der Waals surface area contributed by atoms with Crippen LogP contribution in [0.15, 0.2) is 50.7 Å². The predicted octanol–water partition coefficient (Wildman–Crippen LogP) is 5.01. The van der Waals surface area contributed by atoms with Crippen molar-refractivity contribution in [2.45, 2.75) is 19.3 Å². The molecule has 1 fully saturated rings. The first-order chi connectivity index (χ1) is 13.3. The Hall–Kier alpha value is -2.38. The number of likely N-dealkylation sites (tertiary alicyclic amines) is 1. The molecule has 0 bridgehead atoms. The quantitative estimate of drug-likeness (QED) is 0.571. The highest BCUT2D eigenvalue weighted by molar-refractivity contribution is 8.18. The van der Waals surface area contributed by atoms with Gasteiger partial charge in [-0.3, -0.25) is 4.79 Å². The van der Waals surface area contributed by atoms with Gasteiger partial charge >= 0.3 is 0 Å². The van der Waals surface area contributed by atoms with Crippen molar-refractivity contribution in [3.05, 3.63) is 47.1 Å². The molecule has 0 spiro atoms. The minimum absolute atomic E-state index is 0.182. The molecule has 136 valence electrons. The number of fused-ring (bicyclic) bond motifs is 1. The standard InChI is InChI=1S/C20H17N3O2S2/c24-18-17(27-20(22-18)23-10-4-1-5-11-23)12-13-8-9-15(25-13)19-21-14-6-2-3-7-16(14)26-19/h2-3,6-9,12H,1,4-5,10-11H2/b17-12-. The lowest BCUT2D eigenvalue weighted by Crippen LogP contribution is -2.33. The lowest BCUT2D eigenvalue weighted by Gasteiger charge is -2.27. The third-order valence-electron chi connectivity index (χ3n) is 4.64. The van der Waals surface area contributed by atoms with Gasteiger partial charge in [0.2, 0.25) is 0 Å². The number of carbonyl (C=O) groups is 1. The number of thiazole rings is 1. The highest BCUT2D eigenvalue weighted by Gasteiger charge is 2.27. The number of rotatable bonds is 2. The van der Waals surface area contributed by atoms with Gasteiger partial charge in [0, 0.05) is 19.2 Å². The van der Waals surface area contributed by atoms with E-state index in [9.17, 15) is 4.79 Å². The van der Waals surface area contributed by atoms with Gasteiger partial charge in [0.15, 0.2) is 15.9 Å². The highest BCUT2D eigenvalue weighted by atomic mass is 32.2. The lowest BCUT2D eigenvalue weighted by atomic mass is 10.1. The summed E-state index contributed by atoms with van der Waals surface area (Å²) in [7, 11) is 0. The fourth-order valence-corrected chi connectivity index (χ4v) is 5.14. The maximum atomic E-state index is 12.3. The zero-order chi connectivity index (χ0) is 18.2. The van der Waals surface area contributed by atoms with Crippen LogP contribution < -0.4 is 0 Å². The van der Waals surface area contributed by atoms with Crippen LogP contribution in [0.5, 0.6) is 0 Å². The van der Waals surface area contributed by atoms with E-state index in [-0.39, 0.29) is 5.91 Å². The number of nitrogens with zero attached hydrogens (tertiary/aromatic N) is 3. The largest absolute Gasteiger partial charge is 0.454 e. The smallest absolute Gasteiger partial charge is 0.286 e. The number of carbonyl (C=O) groups excluding carboxylic acids is 1. The van der Waals surface area contributed by atoms with Gasteiger partial charge < -0.3 is 9.32 Å². The average molecular weight is 396 g/mol. The van der Waals surface area contributed by atoms with Gasteiger partial charge in [0.1, 0.15) is 5.76 Å². The molecule has 3 aromatic rings. The Morgan fingerprint density at radius 1 is 1.07 bits per heavy atom.